The second-order valence-corrected chi connectivity index (χ2v) is 6.27. The van der Waals surface area contributed by atoms with Crippen LogP contribution in [0.3, 0.4) is 0 Å². The molecule has 0 aliphatic heterocycles. The SMILES string of the molecule is Cc1cc2c(NC(C)C(=O)NC(C)C)nc(N)nc2s1. The molecule has 0 aliphatic carbocycles. The first-order valence-electron chi connectivity index (χ1n) is 6.47. The van der Waals surface area contributed by atoms with Crippen LogP contribution in [-0.2, 0) is 4.79 Å². The largest absolute Gasteiger partial charge is 0.368 e. The van der Waals surface area contributed by atoms with E-state index in [0.29, 0.717) is 5.82 Å². The summed E-state index contributed by atoms with van der Waals surface area (Å²) in [5.41, 5.74) is 5.71. The minimum Gasteiger partial charge on any atom is -0.368 e. The van der Waals surface area contributed by atoms with Gasteiger partial charge in [0.25, 0.3) is 0 Å². The number of carbonyl (C=O) groups is 1. The Kier molecular flexibility index (Phi) is 4.08. The molecular formula is C13H19N5OS. The van der Waals surface area contributed by atoms with Gasteiger partial charge in [-0.3, -0.25) is 4.79 Å². The lowest BCUT2D eigenvalue weighted by molar-refractivity contribution is -0.122. The van der Waals surface area contributed by atoms with Crippen LogP contribution in [0.2, 0.25) is 0 Å². The average Bonchev–Trinajstić information content (AvgIpc) is 2.68. The summed E-state index contributed by atoms with van der Waals surface area (Å²) in [5.74, 6) is 0.735. The van der Waals surface area contributed by atoms with Crippen molar-refractivity contribution in [2.24, 2.45) is 0 Å². The van der Waals surface area contributed by atoms with Crippen molar-refractivity contribution in [3.63, 3.8) is 0 Å². The third-order valence-corrected chi connectivity index (χ3v) is 3.66. The van der Waals surface area contributed by atoms with Gasteiger partial charge in [0.05, 0.1) is 5.39 Å². The maximum Gasteiger partial charge on any atom is 0.242 e. The van der Waals surface area contributed by atoms with E-state index in [0.717, 1.165) is 15.1 Å². The molecule has 1 atom stereocenters. The molecule has 7 heteroatoms. The summed E-state index contributed by atoms with van der Waals surface area (Å²) in [6.07, 6.45) is 0. The van der Waals surface area contributed by atoms with Crippen molar-refractivity contribution >= 4 is 39.2 Å². The molecule has 0 radical (unpaired) electrons. The van der Waals surface area contributed by atoms with Crippen molar-refractivity contribution in [3.05, 3.63) is 10.9 Å². The number of rotatable bonds is 4. The van der Waals surface area contributed by atoms with Gasteiger partial charge in [-0.15, -0.1) is 11.3 Å². The van der Waals surface area contributed by atoms with E-state index in [1.165, 1.54) is 0 Å². The molecule has 0 saturated carbocycles. The highest BCUT2D eigenvalue weighted by atomic mass is 32.1. The molecule has 0 aliphatic rings. The summed E-state index contributed by atoms with van der Waals surface area (Å²) in [4.78, 5) is 22.3. The fourth-order valence-electron chi connectivity index (χ4n) is 1.85. The lowest BCUT2D eigenvalue weighted by atomic mass is 10.2. The summed E-state index contributed by atoms with van der Waals surface area (Å²) in [5, 5.41) is 6.86. The minimum atomic E-state index is -0.393. The van der Waals surface area contributed by atoms with Crippen LogP contribution in [0.5, 0.6) is 0 Å². The molecule has 0 saturated heterocycles. The molecule has 6 nitrogen and oxygen atoms in total. The molecule has 1 unspecified atom stereocenters. The Morgan fingerprint density at radius 2 is 2.05 bits per heavy atom. The van der Waals surface area contributed by atoms with E-state index < -0.39 is 6.04 Å². The van der Waals surface area contributed by atoms with Gasteiger partial charge in [0.1, 0.15) is 16.7 Å². The van der Waals surface area contributed by atoms with Gasteiger partial charge < -0.3 is 16.4 Å². The number of anilines is 2. The second-order valence-electron chi connectivity index (χ2n) is 5.04. The number of hydrogen-bond donors (Lipinski definition) is 3. The quantitative estimate of drug-likeness (QED) is 0.800. The molecule has 20 heavy (non-hydrogen) atoms. The normalized spacial score (nSPS) is 12.7. The van der Waals surface area contributed by atoms with E-state index in [-0.39, 0.29) is 17.9 Å². The number of nitrogens with zero attached hydrogens (tertiary/aromatic N) is 2. The molecular weight excluding hydrogens is 274 g/mol. The van der Waals surface area contributed by atoms with Crippen LogP contribution in [-0.4, -0.2) is 28.0 Å². The van der Waals surface area contributed by atoms with E-state index >= 15 is 0 Å². The zero-order chi connectivity index (χ0) is 14.9. The van der Waals surface area contributed by atoms with Crippen molar-refractivity contribution in [3.8, 4) is 0 Å². The van der Waals surface area contributed by atoms with E-state index in [1.807, 2.05) is 26.8 Å². The van der Waals surface area contributed by atoms with E-state index in [1.54, 1.807) is 18.3 Å². The lowest BCUT2D eigenvalue weighted by Crippen LogP contribution is -2.41. The highest BCUT2D eigenvalue weighted by Gasteiger charge is 2.17. The number of nitrogens with two attached hydrogens (primary N) is 1. The monoisotopic (exact) mass is 293 g/mol. The van der Waals surface area contributed by atoms with Crippen molar-refractivity contribution in [1.29, 1.82) is 0 Å². The average molecular weight is 293 g/mol. The molecule has 0 spiro atoms. The molecule has 108 valence electrons. The van der Waals surface area contributed by atoms with E-state index in [4.69, 9.17) is 5.73 Å². The standard InChI is InChI=1S/C13H19N5OS/c1-6(2)15-11(19)8(4)16-10-9-5-7(3)20-12(9)18-13(14)17-10/h5-6,8H,1-4H3,(H,15,19)(H3,14,16,17,18). The Morgan fingerprint density at radius 3 is 2.70 bits per heavy atom. The Morgan fingerprint density at radius 1 is 1.35 bits per heavy atom. The number of hydrogen-bond acceptors (Lipinski definition) is 6. The van der Waals surface area contributed by atoms with Crippen molar-refractivity contribution in [1.82, 2.24) is 15.3 Å². The Hall–Kier alpha value is -1.89. The number of nitrogen functional groups attached to an aromatic ring is 1. The Bertz CT molecular complexity index is 637. The highest BCUT2D eigenvalue weighted by molar-refractivity contribution is 7.18. The van der Waals surface area contributed by atoms with E-state index in [2.05, 4.69) is 20.6 Å². The fourth-order valence-corrected chi connectivity index (χ4v) is 2.74. The first-order valence-corrected chi connectivity index (χ1v) is 7.29. The maximum absolute atomic E-state index is 11.9. The van der Waals surface area contributed by atoms with Gasteiger partial charge in [-0.2, -0.15) is 4.98 Å². The number of aryl methyl sites for hydroxylation is 1. The summed E-state index contributed by atoms with van der Waals surface area (Å²) >= 11 is 1.55. The van der Waals surface area contributed by atoms with Gasteiger partial charge in [0, 0.05) is 10.9 Å². The van der Waals surface area contributed by atoms with E-state index in [9.17, 15) is 4.79 Å². The molecule has 2 aromatic heterocycles. The van der Waals surface area contributed by atoms with Crippen LogP contribution >= 0.6 is 11.3 Å². The number of fused-ring (bicyclic) bond motifs is 1. The molecule has 2 heterocycles. The van der Waals surface area contributed by atoms with Crippen molar-refractivity contribution in [2.75, 3.05) is 11.1 Å². The van der Waals surface area contributed by atoms with Crippen molar-refractivity contribution in [2.45, 2.75) is 39.8 Å². The van der Waals surface area contributed by atoms with Crippen LogP contribution in [0.15, 0.2) is 6.07 Å². The molecule has 2 aromatic rings. The molecule has 0 bridgehead atoms. The maximum atomic E-state index is 11.9. The molecule has 1 amide bonds. The summed E-state index contributed by atoms with van der Waals surface area (Å²) in [6, 6.07) is 1.70. The number of aromatic nitrogens is 2. The first-order chi connectivity index (χ1) is 9.36. The third kappa shape index (κ3) is 3.16. The Labute approximate surface area is 121 Å². The van der Waals surface area contributed by atoms with Gasteiger partial charge in [-0.05, 0) is 33.8 Å². The van der Waals surface area contributed by atoms with Crippen LogP contribution in [0.25, 0.3) is 10.2 Å². The number of nitrogens with one attached hydrogen (secondary N) is 2. The number of amides is 1. The van der Waals surface area contributed by atoms with Gasteiger partial charge in [-0.25, -0.2) is 4.98 Å². The molecule has 0 aromatic carbocycles. The minimum absolute atomic E-state index is 0.0720. The molecule has 2 rings (SSSR count). The van der Waals surface area contributed by atoms with Gasteiger partial charge in [0.2, 0.25) is 11.9 Å². The fraction of sp³-hybridized carbons (Fsp3) is 0.462. The predicted octanol–water partition coefficient (Wildman–Crippen LogP) is 1.91. The Balaban J connectivity index is 2.26. The number of thiophene rings is 1. The second kappa shape index (κ2) is 5.62. The summed E-state index contributed by atoms with van der Waals surface area (Å²) < 4.78 is 0. The highest BCUT2D eigenvalue weighted by Crippen LogP contribution is 2.29. The van der Waals surface area contributed by atoms with Crippen LogP contribution in [0.1, 0.15) is 25.6 Å². The zero-order valence-electron chi connectivity index (χ0n) is 12.0. The van der Waals surface area contributed by atoms with Crippen LogP contribution in [0.4, 0.5) is 11.8 Å². The molecule has 0 fully saturated rings. The topological polar surface area (TPSA) is 92.9 Å². The summed E-state index contributed by atoms with van der Waals surface area (Å²) in [7, 11) is 0. The zero-order valence-corrected chi connectivity index (χ0v) is 12.8. The predicted molar refractivity (Wildman–Crippen MR) is 82.9 cm³/mol. The van der Waals surface area contributed by atoms with Gasteiger partial charge in [0.15, 0.2) is 0 Å². The number of carbonyl (C=O) groups excluding carboxylic acids is 1. The van der Waals surface area contributed by atoms with Crippen LogP contribution < -0.4 is 16.4 Å². The third-order valence-electron chi connectivity index (χ3n) is 2.71. The lowest BCUT2D eigenvalue weighted by Gasteiger charge is -2.17. The van der Waals surface area contributed by atoms with Gasteiger partial charge in [-0.1, -0.05) is 0 Å². The van der Waals surface area contributed by atoms with Crippen LogP contribution in [0, 0.1) is 6.92 Å². The van der Waals surface area contributed by atoms with Gasteiger partial charge >= 0.3 is 0 Å². The first kappa shape index (κ1) is 14.5. The summed E-state index contributed by atoms with van der Waals surface area (Å²) in [6.45, 7) is 7.64. The molecule has 4 N–H and O–H groups in total. The smallest absolute Gasteiger partial charge is 0.242 e. The van der Waals surface area contributed by atoms with Crippen molar-refractivity contribution < 1.29 is 4.79 Å².